The van der Waals surface area contributed by atoms with Crippen molar-refractivity contribution >= 4 is 5.91 Å². The van der Waals surface area contributed by atoms with Crippen molar-refractivity contribution in [1.29, 1.82) is 0 Å². The molecule has 0 bridgehead atoms. The smallest absolute Gasteiger partial charge is 0.237 e. The van der Waals surface area contributed by atoms with E-state index in [1.807, 2.05) is 49.5 Å². The number of benzene rings is 1. The van der Waals surface area contributed by atoms with Crippen molar-refractivity contribution in [3.8, 4) is 11.6 Å². The first-order chi connectivity index (χ1) is 12.2. The Kier molecular flexibility index (Phi) is 6.01. The van der Waals surface area contributed by atoms with Crippen LogP contribution < -0.4 is 10.1 Å². The van der Waals surface area contributed by atoms with Crippen LogP contribution >= 0.6 is 0 Å². The minimum Gasteiger partial charge on any atom is -0.439 e. The van der Waals surface area contributed by atoms with Crippen LogP contribution in [0.1, 0.15) is 31.2 Å². The highest BCUT2D eigenvalue weighted by atomic mass is 16.5. The Labute approximate surface area is 149 Å². The summed E-state index contributed by atoms with van der Waals surface area (Å²) in [5.74, 6) is 1.35. The van der Waals surface area contributed by atoms with Crippen LogP contribution in [-0.4, -0.2) is 35.4 Å². The molecule has 1 aliphatic heterocycles. The molecule has 2 heterocycles. The molecular formula is C20H25N3O2. The van der Waals surface area contributed by atoms with Gasteiger partial charge in [-0.05, 0) is 44.6 Å². The molecule has 2 aromatic rings. The van der Waals surface area contributed by atoms with Crippen LogP contribution in [0.2, 0.25) is 0 Å². The SMILES string of the molecule is CN1CCCCC[C@@H]1C(=O)NCc1cccnc1Oc1ccccc1. The number of likely N-dealkylation sites (tertiary alicyclic amines) is 1. The molecule has 3 rings (SSSR count). The van der Waals surface area contributed by atoms with E-state index in [0.717, 1.165) is 37.1 Å². The van der Waals surface area contributed by atoms with Gasteiger partial charge in [-0.3, -0.25) is 9.69 Å². The van der Waals surface area contributed by atoms with Crippen molar-refractivity contribution < 1.29 is 9.53 Å². The number of amides is 1. The maximum Gasteiger partial charge on any atom is 0.237 e. The van der Waals surface area contributed by atoms with Crippen LogP contribution in [0, 0.1) is 0 Å². The largest absolute Gasteiger partial charge is 0.439 e. The van der Waals surface area contributed by atoms with Crippen molar-refractivity contribution in [2.75, 3.05) is 13.6 Å². The molecule has 0 radical (unpaired) electrons. The van der Waals surface area contributed by atoms with Gasteiger partial charge in [-0.25, -0.2) is 4.98 Å². The van der Waals surface area contributed by atoms with Gasteiger partial charge in [0, 0.05) is 18.3 Å². The molecule has 1 atom stereocenters. The van der Waals surface area contributed by atoms with Gasteiger partial charge in [0.1, 0.15) is 5.75 Å². The van der Waals surface area contributed by atoms with Crippen molar-refractivity contribution in [2.45, 2.75) is 38.3 Å². The molecule has 1 aromatic carbocycles. The number of pyridine rings is 1. The van der Waals surface area contributed by atoms with Gasteiger partial charge >= 0.3 is 0 Å². The van der Waals surface area contributed by atoms with Gasteiger partial charge in [0.2, 0.25) is 11.8 Å². The maximum absolute atomic E-state index is 12.6. The van der Waals surface area contributed by atoms with Gasteiger partial charge < -0.3 is 10.1 Å². The zero-order chi connectivity index (χ0) is 17.5. The van der Waals surface area contributed by atoms with E-state index in [1.165, 1.54) is 6.42 Å². The standard InChI is InChI=1S/C20H25N3O2/c1-23-14-7-3-6-12-18(23)19(24)22-15-16-9-8-13-21-20(16)25-17-10-4-2-5-11-17/h2,4-5,8-11,13,18H,3,6-7,12,14-15H2,1H3,(H,22,24)/t18-/m1/s1. The number of carbonyl (C=O) groups is 1. The molecule has 0 spiro atoms. The third kappa shape index (κ3) is 4.79. The second kappa shape index (κ2) is 8.62. The normalized spacial score (nSPS) is 18.4. The van der Waals surface area contributed by atoms with E-state index in [1.54, 1.807) is 6.20 Å². The summed E-state index contributed by atoms with van der Waals surface area (Å²) in [6.07, 6.45) is 6.09. The molecule has 5 nitrogen and oxygen atoms in total. The lowest BCUT2D eigenvalue weighted by Gasteiger charge is -2.24. The quantitative estimate of drug-likeness (QED) is 0.907. The van der Waals surface area contributed by atoms with E-state index in [4.69, 9.17) is 4.74 Å². The monoisotopic (exact) mass is 339 g/mol. The number of nitrogens with one attached hydrogen (secondary N) is 1. The van der Waals surface area contributed by atoms with Crippen LogP contribution in [0.5, 0.6) is 11.6 Å². The van der Waals surface area contributed by atoms with E-state index in [2.05, 4.69) is 15.2 Å². The first-order valence-electron chi connectivity index (χ1n) is 8.89. The predicted molar refractivity (Wildman–Crippen MR) is 97.5 cm³/mol. The van der Waals surface area contributed by atoms with Gasteiger partial charge in [-0.2, -0.15) is 0 Å². The number of ether oxygens (including phenoxy) is 1. The molecule has 1 amide bonds. The number of rotatable bonds is 5. The second-order valence-electron chi connectivity index (χ2n) is 6.45. The molecular weight excluding hydrogens is 314 g/mol. The molecule has 1 saturated heterocycles. The number of likely N-dealkylation sites (N-methyl/N-ethyl adjacent to an activating group) is 1. The van der Waals surface area contributed by atoms with E-state index < -0.39 is 0 Å². The molecule has 1 fully saturated rings. The minimum absolute atomic E-state index is 0.0438. The number of para-hydroxylation sites is 1. The lowest BCUT2D eigenvalue weighted by Crippen LogP contribution is -2.44. The molecule has 1 aliphatic rings. The van der Waals surface area contributed by atoms with Crippen molar-refractivity contribution in [3.63, 3.8) is 0 Å². The first-order valence-corrected chi connectivity index (χ1v) is 8.89. The third-order valence-electron chi connectivity index (χ3n) is 4.58. The maximum atomic E-state index is 12.6. The summed E-state index contributed by atoms with van der Waals surface area (Å²) in [5.41, 5.74) is 0.871. The van der Waals surface area contributed by atoms with E-state index >= 15 is 0 Å². The summed E-state index contributed by atoms with van der Waals surface area (Å²) < 4.78 is 5.86. The zero-order valence-electron chi connectivity index (χ0n) is 14.6. The molecule has 25 heavy (non-hydrogen) atoms. The van der Waals surface area contributed by atoms with Gasteiger partial charge in [-0.1, -0.05) is 37.1 Å². The fourth-order valence-corrected chi connectivity index (χ4v) is 3.13. The molecule has 0 saturated carbocycles. The van der Waals surface area contributed by atoms with Crippen LogP contribution in [0.15, 0.2) is 48.7 Å². The lowest BCUT2D eigenvalue weighted by molar-refractivity contribution is -0.126. The van der Waals surface area contributed by atoms with Crippen LogP contribution in [0.3, 0.4) is 0 Å². The number of aromatic nitrogens is 1. The minimum atomic E-state index is -0.0438. The Morgan fingerprint density at radius 2 is 2.04 bits per heavy atom. The van der Waals surface area contributed by atoms with E-state index in [9.17, 15) is 4.79 Å². The fourth-order valence-electron chi connectivity index (χ4n) is 3.13. The summed E-state index contributed by atoms with van der Waals surface area (Å²) >= 11 is 0. The highest BCUT2D eigenvalue weighted by Crippen LogP contribution is 2.22. The summed E-state index contributed by atoms with van der Waals surface area (Å²) in [6.45, 7) is 1.40. The number of hydrogen-bond donors (Lipinski definition) is 1. The molecule has 0 aliphatic carbocycles. The molecule has 0 unspecified atom stereocenters. The Balaban J connectivity index is 1.64. The zero-order valence-corrected chi connectivity index (χ0v) is 14.6. The van der Waals surface area contributed by atoms with Crippen LogP contribution in [0.25, 0.3) is 0 Å². The summed E-state index contributed by atoms with van der Waals surface area (Å²) in [5, 5.41) is 3.05. The second-order valence-corrected chi connectivity index (χ2v) is 6.45. The Hall–Kier alpha value is -2.40. The van der Waals surface area contributed by atoms with Crippen LogP contribution in [-0.2, 0) is 11.3 Å². The van der Waals surface area contributed by atoms with Crippen LogP contribution in [0.4, 0.5) is 0 Å². The Bertz CT molecular complexity index is 690. The number of hydrogen-bond acceptors (Lipinski definition) is 4. The lowest BCUT2D eigenvalue weighted by atomic mass is 10.1. The molecule has 1 aromatic heterocycles. The highest BCUT2D eigenvalue weighted by molar-refractivity contribution is 5.81. The predicted octanol–water partition coefficient (Wildman–Crippen LogP) is 3.36. The van der Waals surface area contributed by atoms with Gasteiger partial charge in [0.25, 0.3) is 0 Å². The molecule has 5 heteroatoms. The van der Waals surface area contributed by atoms with Crippen molar-refractivity contribution in [3.05, 3.63) is 54.2 Å². The average molecular weight is 339 g/mol. The average Bonchev–Trinajstić information content (AvgIpc) is 2.86. The Morgan fingerprint density at radius 1 is 1.20 bits per heavy atom. The van der Waals surface area contributed by atoms with Gasteiger partial charge in [0.15, 0.2) is 0 Å². The molecule has 132 valence electrons. The van der Waals surface area contributed by atoms with Gasteiger partial charge in [0.05, 0.1) is 6.04 Å². The summed E-state index contributed by atoms with van der Waals surface area (Å²) in [7, 11) is 2.03. The number of nitrogens with zero attached hydrogens (tertiary/aromatic N) is 2. The summed E-state index contributed by atoms with van der Waals surface area (Å²) in [6, 6.07) is 13.3. The topological polar surface area (TPSA) is 54.5 Å². The van der Waals surface area contributed by atoms with E-state index in [0.29, 0.717) is 12.4 Å². The third-order valence-corrected chi connectivity index (χ3v) is 4.58. The first kappa shape index (κ1) is 17.4. The van der Waals surface area contributed by atoms with Gasteiger partial charge in [-0.15, -0.1) is 0 Å². The van der Waals surface area contributed by atoms with E-state index in [-0.39, 0.29) is 11.9 Å². The van der Waals surface area contributed by atoms with Crippen molar-refractivity contribution in [1.82, 2.24) is 15.2 Å². The fraction of sp³-hybridized carbons (Fsp3) is 0.400. The Morgan fingerprint density at radius 3 is 2.88 bits per heavy atom. The summed E-state index contributed by atoms with van der Waals surface area (Å²) in [4.78, 5) is 19.1. The molecule has 1 N–H and O–H groups in total. The van der Waals surface area contributed by atoms with Crippen molar-refractivity contribution in [2.24, 2.45) is 0 Å². The highest BCUT2D eigenvalue weighted by Gasteiger charge is 2.24. The number of carbonyl (C=O) groups excluding carboxylic acids is 1.